The largest absolute Gasteiger partial charge is 0.243 e. The molecule has 7 aromatic rings. The molecule has 0 amide bonds. The van der Waals surface area contributed by atoms with E-state index in [1.807, 2.05) is 13.8 Å². The van der Waals surface area contributed by atoms with Crippen molar-refractivity contribution in [1.29, 1.82) is 0 Å². The van der Waals surface area contributed by atoms with Gasteiger partial charge in [-0.1, -0.05) is 125 Å². The molecule has 7 aromatic carbocycles. The zero-order valence-electron chi connectivity index (χ0n) is 42.4. The number of fused-ring (bicyclic) bond motifs is 15. The van der Waals surface area contributed by atoms with Crippen molar-refractivity contribution in [3.63, 3.8) is 0 Å². The molecule has 396 valence electrons. The molecule has 2 bridgehead atoms. The third-order valence-electron chi connectivity index (χ3n) is 13.5. The summed E-state index contributed by atoms with van der Waals surface area (Å²) in [6, 6.07) is 41.6. The SMILES string of the molecule is Cc1ccc(S(=O)(=O)N2CCN(S(=O)(=O)c3ccc(C)cc3)CCN(S(=O)(=O)c3ccc(C)cc3)Cc3ccc(c4ccccc34)CN(S(=O)(=O)c3ccc(C)cc3)CCN(S(=O)(=O)c3ccc(C)cc3)CC2)cc1. The van der Waals surface area contributed by atoms with Crippen LogP contribution in [0, 0.1) is 34.6 Å². The first-order valence-electron chi connectivity index (χ1n) is 24.3. The summed E-state index contributed by atoms with van der Waals surface area (Å²) in [4.78, 5) is -0.394. The average Bonchev–Trinajstić information content (AvgIpc) is 3.37. The summed E-state index contributed by atoms with van der Waals surface area (Å²) >= 11 is 0. The lowest BCUT2D eigenvalue weighted by Gasteiger charge is -2.31. The highest BCUT2D eigenvalue weighted by Gasteiger charge is 2.35. The topological polar surface area (TPSA) is 187 Å². The van der Waals surface area contributed by atoms with Crippen LogP contribution < -0.4 is 0 Å². The summed E-state index contributed by atoms with van der Waals surface area (Å²) in [5.41, 5.74) is 5.06. The van der Waals surface area contributed by atoms with Gasteiger partial charge < -0.3 is 0 Å². The quantitative estimate of drug-likeness (QED) is 0.122. The van der Waals surface area contributed by atoms with Crippen LogP contribution in [0.3, 0.4) is 0 Å². The highest BCUT2D eigenvalue weighted by molar-refractivity contribution is 7.90. The van der Waals surface area contributed by atoms with Crippen LogP contribution in [-0.4, -0.2) is 116 Å². The van der Waals surface area contributed by atoms with Crippen molar-refractivity contribution in [2.45, 2.75) is 72.2 Å². The molecule has 9 rings (SSSR count). The predicted octanol–water partition coefficient (Wildman–Crippen LogP) is 7.85. The molecule has 0 N–H and O–H groups in total. The minimum absolute atomic E-state index is 0.0298. The molecule has 0 aromatic heterocycles. The smallest absolute Gasteiger partial charge is 0.207 e. The zero-order chi connectivity index (χ0) is 53.9. The van der Waals surface area contributed by atoms with Gasteiger partial charge in [-0.2, -0.15) is 21.5 Å². The van der Waals surface area contributed by atoms with Gasteiger partial charge in [0.1, 0.15) is 0 Å². The Morgan fingerprint density at radius 1 is 0.253 bits per heavy atom. The molecule has 0 unspecified atom stereocenters. The van der Waals surface area contributed by atoms with Gasteiger partial charge in [-0.3, -0.25) is 0 Å². The summed E-state index contributed by atoms with van der Waals surface area (Å²) in [6.45, 7) is 5.01. The lowest BCUT2D eigenvalue weighted by molar-refractivity contribution is 0.292. The second kappa shape index (κ2) is 22.5. The standard InChI is InChI=1S/C55H61N5O10S5/c1-42-10-22-49(23-11-42)71(61,62)56-32-34-57(72(63,64)50-24-12-43(2)13-25-50)36-38-59(74(67,68)52-28-16-45(4)17-29-52)40-47-20-21-48(55-9-7-6-8-54(47)55)41-60(75(69,70)53-30-18-46(5)19-31-53)39-37-58(35-33-56)73(65,66)51-26-14-44(3)15-27-51/h6-31H,32-41H2,1-5H3. The minimum Gasteiger partial charge on any atom is -0.207 e. The van der Waals surface area contributed by atoms with Crippen LogP contribution in [0.4, 0.5) is 0 Å². The number of nitrogens with zero attached hydrogens (tertiary/aromatic N) is 5. The van der Waals surface area contributed by atoms with E-state index < -0.39 is 89.4 Å². The number of sulfonamides is 5. The molecular weight excluding hydrogens is 1050 g/mol. The second-order valence-electron chi connectivity index (χ2n) is 18.9. The summed E-state index contributed by atoms with van der Waals surface area (Å²) in [5.74, 6) is 0. The fraction of sp³-hybridized carbons (Fsp3) is 0.273. The maximum Gasteiger partial charge on any atom is 0.243 e. The lowest BCUT2D eigenvalue weighted by Crippen LogP contribution is -2.47. The molecule has 0 saturated carbocycles. The minimum atomic E-state index is -4.51. The molecule has 15 nitrogen and oxygen atoms in total. The molecule has 2 aliphatic rings. The van der Waals surface area contributed by atoms with E-state index in [0.717, 1.165) is 40.7 Å². The van der Waals surface area contributed by atoms with Gasteiger partial charge in [0.25, 0.3) is 0 Å². The van der Waals surface area contributed by atoms with Gasteiger partial charge in [0.2, 0.25) is 50.1 Å². The van der Waals surface area contributed by atoms with Crippen LogP contribution in [0.1, 0.15) is 38.9 Å². The number of rotatable bonds is 10. The molecule has 0 fully saturated rings. The molecule has 0 radical (unpaired) electrons. The third-order valence-corrected chi connectivity index (χ3v) is 22.9. The van der Waals surface area contributed by atoms with Crippen molar-refractivity contribution in [2.75, 3.05) is 52.4 Å². The van der Waals surface area contributed by atoms with Gasteiger partial charge in [-0.05, 0) is 117 Å². The van der Waals surface area contributed by atoms with Crippen LogP contribution in [-0.2, 0) is 63.2 Å². The summed E-state index contributed by atoms with van der Waals surface area (Å²) in [6.07, 6.45) is 0. The molecule has 0 saturated heterocycles. The van der Waals surface area contributed by atoms with E-state index in [-0.39, 0.29) is 50.7 Å². The van der Waals surface area contributed by atoms with E-state index in [1.54, 1.807) is 118 Å². The van der Waals surface area contributed by atoms with Crippen molar-refractivity contribution in [1.82, 2.24) is 21.5 Å². The van der Waals surface area contributed by atoms with E-state index in [4.69, 9.17) is 0 Å². The molecule has 75 heavy (non-hydrogen) atoms. The second-order valence-corrected chi connectivity index (χ2v) is 28.6. The molecule has 2 aliphatic heterocycles. The number of aryl methyl sites for hydroxylation is 5. The molecule has 0 aliphatic carbocycles. The van der Waals surface area contributed by atoms with Gasteiger partial charge in [0, 0.05) is 65.4 Å². The number of benzene rings is 7. The first-order valence-corrected chi connectivity index (χ1v) is 31.5. The van der Waals surface area contributed by atoms with Crippen molar-refractivity contribution < 1.29 is 42.1 Å². The Kier molecular flexibility index (Phi) is 16.7. The Labute approximate surface area is 442 Å². The van der Waals surface area contributed by atoms with Crippen LogP contribution in [0.2, 0.25) is 0 Å². The van der Waals surface area contributed by atoms with Crippen LogP contribution in [0.15, 0.2) is 182 Å². The van der Waals surface area contributed by atoms with Crippen LogP contribution in [0.5, 0.6) is 0 Å². The maximum atomic E-state index is 14.9. The van der Waals surface area contributed by atoms with E-state index in [1.165, 1.54) is 69.3 Å². The Balaban J connectivity index is 1.32. The lowest BCUT2D eigenvalue weighted by atomic mass is 9.99. The fourth-order valence-corrected chi connectivity index (χ4v) is 16.0. The first-order chi connectivity index (χ1) is 35.5. The Morgan fingerprint density at radius 3 is 0.653 bits per heavy atom. The van der Waals surface area contributed by atoms with Crippen LogP contribution >= 0.6 is 0 Å². The van der Waals surface area contributed by atoms with Crippen molar-refractivity contribution >= 4 is 60.9 Å². The monoisotopic (exact) mass is 1110 g/mol. The fourth-order valence-electron chi connectivity index (χ4n) is 8.89. The van der Waals surface area contributed by atoms with Crippen molar-refractivity contribution in [2.24, 2.45) is 0 Å². The van der Waals surface area contributed by atoms with Crippen LogP contribution in [0.25, 0.3) is 10.8 Å². The van der Waals surface area contributed by atoms with E-state index in [2.05, 4.69) is 0 Å². The molecule has 0 atom stereocenters. The molecule has 2 heterocycles. The van der Waals surface area contributed by atoms with Crippen molar-refractivity contribution in [3.8, 4) is 0 Å². The van der Waals surface area contributed by atoms with Gasteiger partial charge in [0.15, 0.2) is 0 Å². The van der Waals surface area contributed by atoms with Gasteiger partial charge in [-0.15, -0.1) is 0 Å². The van der Waals surface area contributed by atoms with E-state index in [9.17, 15) is 42.1 Å². The molecule has 0 spiro atoms. The number of hydrogen-bond acceptors (Lipinski definition) is 10. The highest BCUT2D eigenvalue weighted by atomic mass is 32.2. The van der Waals surface area contributed by atoms with Gasteiger partial charge >= 0.3 is 0 Å². The Morgan fingerprint density at radius 2 is 0.440 bits per heavy atom. The molecule has 20 heteroatoms. The highest BCUT2D eigenvalue weighted by Crippen LogP contribution is 2.31. The van der Waals surface area contributed by atoms with Crippen molar-refractivity contribution in [3.05, 3.63) is 197 Å². The first kappa shape index (κ1) is 55.6. The Bertz CT molecular complexity index is 3540. The van der Waals surface area contributed by atoms with Gasteiger partial charge in [0.05, 0.1) is 24.5 Å². The summed E-state index contributed by atoms with van der Waals surface area (Å²) in [7, 11) is -22.2. The summed E-state index contributed by atoms with van der Waals surface area (Å²) < 4.78 is 155. The summed E-state index contributed by atoms with van der Waals surface area (Å²) in [5, 5.41) is 1.21. The number of hydrogen-bond donors (Lipinski definition) is 0. The predicted molar refractivity (Wildman–Crippen MR) is 291 cm³/mol. The van der Waals surface area contributed by atoms with E-state index in [0.29, 0.717) is 21.9 Å². The average molecular weight is 1110 g/mol. The van der Waals surface area contributed by atoms with Gasteiger partial charge in [-0.25, -0.2) is 42.1 Å². The normalized spacial score (nSPS) is 16.6. The zero-order valence-corrected chi connectivity index (χ0v) is 46.5. The Hall–Kier alpha value is -5.65. The maximum absolute atomic E-state index is 14.9. The van der Waals surface area contributed by atoms with E-state index >= 15 is 0 Å². The molecular formula is C55H61N5O10S5. The third kappa shape index (κ3) is 12.3.